The molecule has 0 saturated heterocycles. The third kappa shape index (κ3) is 62.5. The Balaban J connectivity index is 4.10. The molecule has 6 nitrogen and oxygen atoms in total. The van der Waals surface area contributed by atoms with Gasteiger partial charge in [-0.2, -0.15) is 0 Å². The largest absolute Gasteiger partial charge is 0.462 e. The van der Waals surface area contributed by atoms with E-state index in [9.17, 15) is 14.4 Å². The summed E-state index contributed by atoms with van der Waals surface area (Å²) in [6, 6.07) is 0. The highest BCUT2D eigenvalue weighted by molar-refractivity contribution is 5.71. The monoisotopic (exact) mass is 1070 g/mol. The second-order valence-corrected chi connectivity index (χ2v) is 20.9. The van der Waals surface area contributed by atoms with E-state index in [0.29, 0.717) is 19.3 Å². The third-order valence-electron chi connectivity index (χ3n) is 13.5. The maximum atomic E-state index is 12.8. The van der Waals surface area contributed by atoms with Crippen LogP contribution in [0.25, 0.3) is 0 Å². The average molecular weight is 1070 g/mol. The first-order valence-electron chi connectivity index (χ1n) is 32.0. The summed E-state index contributed by atoms with van der Waals surface area (Å²) >= 11 is 0. The molecule has 1 unspecified atom stereocenters. The standard InChI is InChI=1S/C71H118O6/c1-4-7-10-13-16-19-21-23-25-26-27-28-29-30-31-32-33-34-35-36-37-38-39-40-41-42-43-44-46-47-49-52-55-58-61-64-70(73)76-67-68(66-75-69(72)63-60-57-54-51-18-15-12-9-6-3)77-71(74)65-62-59-56-53-50-48-45-24-22-20-17-14-11-8-5-2/h7-8,10-11,16-17,19-20,23-25,27-28,30-31,33-34,45,50,53,68H,4-6,9,12-15,18,21-22,26,29,32,35-44,46-49,51-52,54-67H2,1-3H3/b10-7-,11-8-,19-16-,20-17-,25-23-,28-27-,31-30-,34-33-,45-24-,53-50-. The smallest absolute Gasteiger partial charge is 0.306 e. The summed E-state index contributed by atoms with van der Waals surface area (Å²) in [5.41, 5.74) is 0. The van der Waals surface area contributed by atoms with Crippen molar-refractivity contribution in [2.75, 3.05) is 13.2 Å². The molecule has 0 rings (SSSR count). The Hall–Kier alpha value is -4.19. The molecule has 0 spiro atoms. The van der Waals surface area contributed by atoms with Crippen molar-refractivity contribution in [1.29, 1.82) is 0 Å². The summed E-state index contributed by atoms with van der Waals surface area (Å²) in [7, 11) is 0. The van der Waals surface area contributed by atoms with Crippen LogP contribution >= 0.6 is 0 Å². The number of allylic oxidation sites excluding steroid dienone is 20. The number of hydrogen-bond acceptors (Lipinski definition) is 6. The summed E-state index contributed by atoms with van der Waals surface area (Å²) in [5.74, 6) is -0.933. The lowest BCUT2D eigenvalue weighted by Crippen LogP contribution is -2.30. The topological polar surface area (TPSA) is 78.9 Å². The maximum absolute atomic E-state index is 12.8. The Morgan fingerprint density at radius 1 is 0.273 bits per heavy atom. The van der Waals surface area contributed by atoms with E-state index >= 15 is 0 Å². The van der Waals surface area contributed by atoms with Crippen LogP contribution in [-0.4, -0.2) is 37.2 Å². The van der Waals surface area contributed by atoms with Gasteiger partial charge in [-0.25, -0.2) is 0 Å². The zero-order chi connectivity index (χ0) is 55.7. The highest BCUT2D eigenvalue weighted by Gasteiger charge is 2.19. The van der Waals surface area contributed by atoms with Gasteiger partial charge in [0.05, 0.1) is 0 Å². The molecule has 1 atom stereocenters. The Morgan fingerprint density at radius 3 is 0.818 bits per heavy atom. The Labute approximate surface area is 475 Å². The van der Waals surface area contributed by atoms with Crippen molar-refractivity contribution in [2.24, 2.45) is 0 Å². The van der Waals surface area contributed by atoms with Crippen molar-refractivity contribution >= 4 is 17.9 Å². The van der Waals surface area contributed by atoms with Crippen molar-refractivity contribution in [3.8, 4) is 0 Å². The molecule has 0 aliphatic heterocycles. The van der Waals surface area contributed by atoms with E-state index in [1.807, 2.05) is 0 Å². The summed E-state index contributed by atoms with van der Waals surface area (Å²) in [5, 5.41) is 0. The van der Waals surface area contributed by atoms with E-state index in [2.05, 4.69) is 142 Å². The average Bonchev–Trinajstić information content (AvgIpc) is 3.43. The lowest BCUT2D eigenvalue weighted by molar-refractivity contribution is -0.167. The number of carbonyl (C=O) groups is 3. The number of carbonyl (C=O) groups excluding carboxylic acids is 3. The van der Waals surface area contributed by atoms with Crippen LogP contribution in [0.1, 0.15) is 290 Å². The molecule has 0 aromatic heterocycles. The maximum Gasteiger partial charge on any atom is 0.306 e. The quantitative estimate of drug-likeness (QED) is 0.0261. The highest BCUT2D eigenvalue weighted by atomic mass is 16.6. The molecule has 0 amide bonds. The SMILES string of the molecule is CC/C=C\C/C=C\C/C=C\C/C=C\C/C=C\C/C=C\CCCCCCCCCCCCCCCCCCC(=O)OCC(COC(=O)CCCCCCCCCCC)OC(=O)CCCC/C=C\C/C=C\C/C=C\C/C=C\CC. The first-order chi connectivity index (χ1) is 38.0. The van der Waals surface area contributed by atoms with E-state index in [1.54, 1.807) is 0 Å². The van der Waals surface area contributed by atoms with Crippen LogP contribution in [0.15, 0.2) is 122 Å². The Kier molecular flexibility index (Phi) is 60.8. The molecule has 0 heterocycles. The summed E-state index contributed by atoms with van der Waals surface area (Å²) in [6.45, 7) is 6.36. The van der Waals surface area contributed by atoms with Gasteiger partial charge in [-0.15, -0.1) is 0 Å². The molecular weight excluding hydrogens is 949 g/mol. The molecule has 0 aliphatic rings. The van der Waals surface area contributed by atoms with E-state index in [4.69, 9.17) is 14.2 Å². The fourth-order valence-electron chi connectivity index (χ4n) is 8.73. The van der Waals surface area contributed by atoms with E-state index < -0.39 is 6.10 Å². The van der Waals surface area contributed by atoms with E-state index in [0.717, 1.165) is 116 Å². The van der Waals surface area contributed by atoms with Gasteiger partial charge in [0, 0.05) is 19.3 Å². The number of hydrogen-bond donors (Lipinski definition) is 0. The minimum atomic E-state index is -0.798. The predicted octanol–water partition coefficient (Wildman–Crippen LogP) is 22.0. The fourth-order valence-corrected chi connectivity index (χ4v) is 8.73. The fraction of sp³-hybridized carbons (Fsp3) is 0.676. The predicted molar refractivity (Wildman–Crippen MR) is 334 cm³/mol. The third-order valence-corrected chi connectivity index (χ3v) is 13.5. The Morgan fingerprint density at radius 2 is 0.506 bits per heavy atom. The van der Waals surface area contributed by atoms with Crippen molar-refractivity contribution < 1.29 is 28.6 Å². The molecule has 0 aliphatic carbocycles. The zero-order valence-corrected chi connectivity index (χ0v) is 50.2. The molecule has 438 valence electrons. The lowest BCUT2D eigenvalue weighted by Gasteiger charge is -2.18. The number of ether oxygens (including phenoxy) is 3. The van der Waals surface area contributed by atoms with Gasteiger partial charge in [0.2, 0.25) is 0 Å². The van der Waals surface area contributed by atoms with Crippen LogP contribution in [0.2, 0.25) is 0 Å². The molecule has 0 bridgehead atoms. The van der Waals surface area contributed by atoms with Crippen LogP contribution in [0.5, 0.6) is 0 Å². The van der Waals surface area contributed by atoms with Gasteiger partial charge >= 0.3 is 17.9 Å². The molecule has 0 saturated carbocycles. The van der Waals surface area contributed by atoms with Gasteiger partial charge < -0.3 is 14.2 Å². The van der Waals surface area contributed by atoms with Crippen LogP contribution in [-0.2, 0) is 28.6 Å². The Bertz CT molecular complexity index is 1600. The molecule has 77 heavy (non-hydrogen) atoms. The number of esters is 3. The molecule has 0 aromatic carbocycles. The minimum absolute atomic E-state index is 0.0927. The summed E-state index contributed by atoms with van der Waals surface area (Å²) < 4.78 is 16.8. The summed E-state index contributed by atoms with van der Waals surface area (Å²) in [6.07, 6.45) is 89.5. The normalized spacial score (nSPS) is 12.9. The molecule has 0 N–H and O–H groups in total. The van der Waals surface area contributed by atoms with Crippen LogP contribution in [0.3, 0.4) is 0 Å². The van der Waals surface area contributed by atoms with Crippen LogP contribution in [0, 0.1) is 0 Å². The summed E-state index contributed by atoms with van der Waals surface area (Å²) in [4.78, 5) is 38.1. The van der Waals surface area contributed by atoms with Crippen molar-refractivity contribution in [2.45, 2.75) is 297 Å². The van der Waals surface area contributed by atoms with Gasteiger partial charge in [-0.1, -0.05) is 284 Å². The molecular formula is C71H118O6. The van der Waals surface area contributed by atoms with Gasteiger partial charge in [0.1, 0.15) is 13.2 Å². The van der Waals surface area contributed by atoms with Gasteiger partial charge in [-0.05, 0) is 109 Å². The molecule has 0 fully saturated rings. The van der Waals surface area contributed by atoms with E-state index in [1.165, 1.54) is 128 Å². The molecule has 0 aromatic rings. The van der Waals surface area contributed by atoms with E-state index in [-0.39, 0.29) is 37.5 Å². The van der Waals surface area contributed by atoms with Gasteiger partial charge in [0.15, 0.2) is 6.10 Å². The van der Waals surface area contributed by atoms with Crippen molar-refractivity contribution in [3.63, 3.8) is 0 Å². The molecule has 0 radical (unpaired) electrons. The second-order valence-electron chi connectivity index (χ2n) is 20.9. The first-order valence-corrected chi connectivity index (χ1v) is 32.0. The molecule has 6 heteroatoms. The lowest BCUT2D eigenvalue weighted by atomic mass is 10.0. The highest BCUT2D eigenvalue weighted by Crippen LogP contribution is 2.16. The van der Waals surface area contributed by atoms with Gasteiger partial charge in [-0.3, -0.25) is 14.4 Å². The second kappa shape index (κ2) is 64.3. The van der Waals surface area contributed by atoms with Crippen LogP contribution in [0.4, 0.5) is 0 Å². The number of unbranched alkanes of at least 4 members (excludes halogenated alkanes) is 26. The number of rotatable bonds is 57. The first kappa shape index (κ1) is 72.8. The van der Waals surface area contributed by atoms with Crippen LogP contribution < -0.4 is 0 Å². The van der Waals surface area contributed by atoms with Gasteiger partial charge in [0.25, 0.3) is 0 Å². The van der Waals surface area contributed by atoms with Crippen molar-refractivity contribution in [3.05, 3.63) is 122 Å². The zero-order valence-electron chi connectivity index (χ0n) is 50.2. The van der Waals surface area contributed by atoms with Crippen molar-refractivity contribution in [1.82, 2.24) is 0 Å². The minimum Gasteiger partial charge on any atom is -0.462 e.